The fraction of sp³-hybridized carbons (Fsp3) is 0.176. The largest absolute Gasteiger partial charge is 0.291 e. The molecule has 0 unspecified atom stereocenters. The number of aromatic nitrogens is 2. The minimum Gasteiger partial charge on any atom is -0.291 e. The maximum absolute atomic E-state index is 12.2. The minimum absolute atomic E-state index is 0.113. The average Bonchev–Trinajstić information content (AvgIpc) is 3.17. The molecule has 2 aromatic heterocycles. The van der Waals surface area contributed by atoms with Gasteiger partial charge < -0.3 is 0 Å². The van der Waals surface area contributed by atoms with Crippen molar-refractivity contribution in [3.05, 3.63) is 64.6 Å². The Morgan fingerprint density at radius 2 is 1.95 bits per heavy atom. The molecule has 0 spiro atoms. The molecule has 21 heavy (non-hydrogen) atoms. The second kappa shape index (κ2) is 6.06. The zero-order valence-corrected chi connectivity index (χ0v) is 12.6. The normalized spacial score (nSPS) is 10.7. The van der Waals surface area contributed by atoms with Crippen LogP contribution in [-0.4, -0.2) is 15.6 Å². The molecule has 0 fully saturated rings. The van der Waals surface area contributed by atoms with Crippen molar-refractivity contribution in [3.63, 3.8) is 0 Å². The van der Waals surface area contributed by atoms with Crippen LogP contribution in [0.25, 0.3) is 11.1 Å². The van der Waals surface area contributed by atoms with E-state index in [0.717, 1.165) is 22.4 Å². The zero-order chi connectivity index (χ0) is 14.7. The summed E-state index contributed by atoms with van der Waals surface area (Å²) in [5.41, 5.74) is 2.14. The van der Waals surface area contributed by atoms with Crippen molar-refractivity contribution in [3.8, 4) is 11.1 Å². The third kappa shape index (κ3) is 3.11. The Kier molecular flexibility index (Phi) is 3.97. The Morgan fingerprint density at radius 3 is 2.67 bits per heavy atom. The second-order valence-corrected chi connectivity index (χ2v) is 6.00. The molecule has 0 aliphatic rings. The summed E-state index contributed by atoms with van der Waals surface area (Å²) in [7, 11) is 0. The number of nitrogens with zero attached hydrogens (tertiary/aromatic N) is 2. The molecule has 2 heterocycles. The summed E-state index contributed by atoms with van der Waals surface area (Å²) in [5, 5.41) is 4.29. The Morgan fingerprint density at radius 1 is 1.14 bits per heavy atom. The first kappa shape index (κ1) is 13.8. The van der Waals surface area contributed by atoms with Gasteiger partial charge in [-0.05, 0) is 24.1 Å². The third-order valence-electron chi connectivity index (χ3n) is 3.33. The van der Waals surface area contributed by atoms with E-state index in [1.807, 2.05) is 48.7 Å². The number of Topliss-reactive ketones (excluding diaryl/α,β-unsaturated/α-hetero) is 1. The summed E-state index contributed by atoms with van der Waals surface area (Å²) in [6.07, 6.45) is 4.69. The van der Waals surface area contributed by atoms with Gasteiger partial charge >= 0.3 is 0 Å². The first-order chi connectivity index (χ1) is 10.3. The predicted molar refractivity (Wildman–Crippen MR) is 85.7 cm³/mol. The molecule has 0 atom stereocenters. The highest BCUT2D eigenvalue weighted by molar-refractivity contribution is 7.14. The Hall–Kier alpha value is -2.20. The molecule has 0 radical (unpaired) electrons. The first-order valence-electron chi connectivity index (χ1n) is 6.96. The van der Waals surface area contributed by atoms with Crippen LogP contribution >= 0.6 is 11.3 Å². The van der Waals surface area contributed by atoms with Gasteiger partial charge in [0.05, 0.1) is 11.1 Å². The second-order valence-electron chi connectivity index (χ2n) is 4.84. The molecule has 0 aliphatic carbocycles. The van der Waals surface area contributed by atoms with Crippen LogP contribution in [0.4, 0.5) is 0 Å². The molecule has 3 rings (SSSR count). The Labute approximate surface area is 127 Å². The van der Waals surface area contributed by atoms with Gasteiger partial charge in [-0.15, -0.1) is 11.3 Å². The van der Waals surface area contributed by atoms with E-state index in [2.05, 4.69) is 12.0 Å². The number of hydrogen-bond donors (Lipinski definition) is 0. The van der Waals surface area contributed by atoms with E-state index in [1.165, 1.54) is 4.88 Å². The maximum Gasteiger partial charge on any atom is 0.194 e. The maximum atomic E-state index is 12.2. The number of rotatable bonds is 5. The molecule has 0 aliphatic heterocycles. The van der Waals surface area contributed by atoms with E-state index in [1.54, 1.807) is 22.2 Å². The number of ketones is 1. The molecule has 3 aromatic rings. The van der Waals surface area contributed by atoms with Crippen molar-refractivity contribution >= 4 is 17.1 Å². The highest BCUT2D eigenvalue weighted by Gasteiger charge is 2.11. The lowest BCUT2D eigenvalue weighted by atomic mass is 10.1. The van der Waals surface area contributed by atoms with Crippen LogP contribution in [0, 0.1) is 0 Å². The number of carbonyl (C=O) groups is 1. The Bertz CT molecular complexity index is 743. The molecule has 0 amide bonds. The van der Waals surface area contributed by atoms with Crippen molar-refractivity contribution in [1.82, 2.24) is 9.78 Å². The molecular weight excluding hydrogens is 280 g/mol. The molecular formula is C17H16N2OS. The zero-order valence-electron chi connectivity index (χ0n) is 11.8. The van der Waals surface area contributed by atoms with Gasteiger partial charge in [0.1, 0.15) is 6.54 Å². The lowest BCUT2D eigenvalue weighted by molar-refractivity contribution is 0.0971. The number of carbonyl (C=O) groups excluding carboxylic acids is 1. The van der Waals surface area contributed by atoms with Gasteiger partial charge in [-0.25, -0.2) is 0 Å². The van der Waals surface area contributed by atoms with E-state index < -0.39 is 0 Å². The summed E-state index contributed by atoms with van der Waals surface area (Å²) in [5.74, 6) is 0.113. The van der Waals surface area contributed by atoms with E-state index in [4.69, 9.17) is 0 Å². The van der Waals surface area contributed by atoms with E-state index in [9.17, 15) is 4.79 Å². The summed E-state index contributed by atoms with van der Waals surface area (Å²) < 4.78 is 1.70. The third-order valence-corrected chi connectivity index (χ3v) is 4.60. The van der Waals surface area contributed by atoms with Gasteiger partial charge in [-0.2, -0.15) is 5.10 Å². The minimum atomic E-state index is 0.113. The van der Waals surface area contributed by atoms with Crippen LogP contribution in [0.15, 0.2) is 54.9 Å². The summed E-state index contributed by atoms with van der Waals surface area (Å²) in [6.45, 7) is 2.39. The number of benzene rings is 1. The summed E-state index contributed by atoms with van der Waals surface area (Å²) in [6, 6.07) is 14.0. The van der Waals surface area contributed by atoms with Crippen molar-refractivity contribution in [1.29, 1.82) is 0 Å². The van der Waals surface area contributed by atoms with Crippen molar-refractivity contribution in [2.75, 3.05) is 0 Å². The van der Waals surface area contributed by atoms with Gasteiger partial charge in [0.25, 0.3) is 0 Å². The van der Waals surface area contributed by atoms with Gasteiger partial charge in [-0.3, -0.25) is 9.48 Å². The molecule has 4 heteroatoms. The first-order valence-corrected chi connectivity index (χ1v) is 7.77. The quantitative estimate of drug-likeness (QED) is 0.666. The van der Waals surface area contributed by atoms with Gasteiger partial charge in [-0.1, -0.05) is 37.3 Å². The van der Waals surface area contributed by atoms with Crippen LogP contribution in [0.5, 0.6) is 0 Å². The van der Waals surface area contributed by atoms with Crippen LogP contribution in [-0.2, 0) is 13.0 Å². The number of thiophene rings is 1. The number of hydrogen-bond acceptors (Lipinski definition) is 3. The molecule has 0 saturated heterocycles. The van der Waals surface area contributed by atoms with Crippen molar-refractivity contribution < 1.29 is 4.79 Å². The van der Waals surface area contributed by atoms with Crippen LogP contribution in [0.2, 0.25) is 0 Å². The fourth-order valence-corrected chi connectivity index (χ4v) is 3.05. The molecule has 0 bridgehead atoms. The van der Waals surface area contributed by atoms with E-state index in [0.29, 0.717) is 0 Å². The van der Waals surface area contributed by atoms with E-state index >= 15 is 0 Å². The highest BCUT2D eigenvalue weighted by atomic mass is 32.1. The SMILES string of the molecule is CCc1ccc(C(=O)Cn2cc(-c3ccccc3)cn2)s1. The molecule has 1 aromatic carbocycles. The molecule has 3 nitrogen and oxygen atoms in total. The molecule has 0 N–H and O–H groups in total. The summed E-state index contributed by atoms with van der Waals surface area (Å²) in [4.78, 5) is 14.3. The molecule has 106 valence electrons. The lowest BCUT2D eigenvalue weighted by Gasteiger charge is -1.99. The smallest absolute Gasteiger partial charge is 0.194 e. The van der Waals surface area contributed by atoms with Gasteiger partial charge in [0.2, 0.25) is 0 Å². The Balaban J connectivity index is 1.74. The topological polar surface area (TPSA) is 34.9 Å². The molecule has 0 saturated carbocycles. The lowest BCUT2D eigenvalue weighted by Crippen LogP contribution is -2.09. The standard InChI is InChI=1S/C17H16N2OS/c1-2-15-8-9-17(21-15)16(20)12-19-11-14(10-18-19)13-6-4-3-5-7-13/h3-11H,2,12H2,1H3. The van der Waals surface area contributed by atoms with Crippen LogP contribution in [0.1, 0.15) is 21.5 Å². The van der Waals surface area contributed by atoms with Crippen molar-refractivity contribution in [2.45, 2.75) is 19.9 Å². The van der Waals surface area contributed by atoms with E-state index in [-0.39, 0.29) is 12.3 Å². The predicted octanol–water partition coefficient (Wildman–Crippen LogP) is 4.06. The fourth-order valence-electron chi connectivity index (χ4n) is 2.17. The number of aryl methyl sites for hydroxylation is 1. The van der Waals surface area contributed by atoms with Crippen LogP contribution in [0.3, 0.4) is 0 Å². The average molecular weight is 296 g/mol. The van der Waals surface area contributed by atoms with Crippen LogP contribution < -0.4 is 0 Å². The van der Waals surface area contributed by atoms with Gasteiger partial charge in [0, 0.05) is 16.6 Å². The highest BCUT2D eigenvalue weighted by Crippen LogP contribution is 2.20. The van der Waals surface area contributed by atoms with Crippen molar-refractivity contribution in [2.24, 2.45) is 0 Å². The van der Waals surface area contributed by atoms with Gasteiger partial charge in [0.15, 0.2) is 5.78 Å². The summed E-state index contributed by atoms with van der Waals surface area (Å²) >= 11 is 1.57. The monoisotopic (exact) mass is 296 g/mol.